The van der Waals surface area contributed by atoms with Crippen LogP contribution >= 0.6 is 0 Å². The summed E-state index contributed by atoms with van der Waals surface area (Å²) in [7, 11) is 0. The van der Waals surface area contributed by atoms with Crippen LogP contribution in [0, 0.1) is 11.8 Å². The maximum absolute atomic E-state index is 12.4. The Kier molecular flexibility index (Phi) is 6.65. The van der Waals surface area contributed by atoms with Crippen molar-refractivity contribution in [2.45, 2.75) is 32.3 Å². The van der Waals surface area contributed by atoms with E-state index in [-0.39, 0.29) is 17.6 Å². The second-order valence-electron chi connectivity index (χ2n) is 6.86. The van der Waals surface area contributed by atoms with E-state index in [1.54, 1.807) is 30.3 Å². The first-order valence-electron chi connectivity index (χ1n) is 9.50. The Balaban J connectivity index is 1.70. The number of carboxylic acids is 1. The van der Waals surface area contributed by atoms with E-state index in [1.165, 1.54) is 17.7 Å². The molecule has 0 amide bonds. The summed E-state index contributed by atoms with van der Waals surface area (Å²) in [5.74, 6) is 4.39. The summed E-state index contributed by atoms with van der Waals surface area (Å²) in [5, 5.41) is 10.8. The lowest BCUT2D eigenvalue weighted by Gasteiger charge is -2.25. The summed E-state index contributed by atoms with van der Waals surface area (Å²) in [6.07, 6.45) is 6.09. The van der Waals surface area contributed by atoms with Crippen molar-refractivity contribution in [1.82, 2.24) is 0 Å². The molecule has 4 nitrogen and oxygen atoms in total. The quantitative estimate of drug-likeness (QED) is 0.595. The van der Waals surface area contributed by atoms with Gasteiger partial charge in [0.25, 0.3) is 0 Å². The highest BCUT2D eigenvalue weighted by Gasteiger charge is 2.23. The number of hydrogen-bond donors (Lipinski definition) is 0. The van der Waals surface area contributed by atoms with Crippen LogP contribution in [-0.4, -0.2) is 18.0 Å². The van der Waals surface area contributed by atoms with Gasteiger partial charge >= 0.3 is 5.97 Å². The van der Waals surface area contributed by atoms with Crippen LogP contribution < -0.4 is 5.11 Å². The molecule has 0 bridgehead atoms. The maximum Gasteiger partial charge on any atom is 0.338 e. The van der Waals surface area contributed by atoms with Crippen molar-refractivity contribution < 1.29 is 19.4 Å². The number of carbonyl (C=O) groups excluding carboxylic acids is 2. The summed E-state index contributed by atoms with van der Waals surface area (Å²) in [5.41, 5.74) is 3.55. The third-order valence-electron chi connectivity index (χ3n) is 4.80. The lowest BCUT2D eigenvalue weighted by Crippen LogP contribution is -2.23. The first-order valence-corrected chi connectivity index (χ1v) is 9.50. The van der Waals surface area contributed by atoms with Crippen molar-refractivity contribution in [3.05, 3.63) is 94.6 Å². The number of allylic oxidation sites excluding steroid dienone is 2. The molecule has 2 aromatic rings. The summed E-state index contributed by atoms with van der Waals surface area (Å²) in [6, 6.07) is 15.2. The molecule has 146 valence electrons. The van der Waals surface area contributed by atoms with E-state index in [4.69, 9.17) is 4.74 Å². The molecular weight excluding hydrogens is 364 g/mol. The van der Waals surface area contributed by atoms with Gasteiger partial charge in [0.05, 0.1) is 11.5 Å². The molecule has 1 unspecified atom stereocenters. The molecule has 2 aromatic carbocycles. The molecule has 1 aliphatic rings. The topological polar surface area (TPSA) is 66.4 Å². The summed E-state index contributed by atoms with van der Waals surface area (Å²) in [6.45, 7) is 2.05. The van der Waals surface area contributed by atoms with Crippen LogP contribution in [0.5, 0.6) is 0 Å². The molecular formula is C25H21O4-. The molecule has 0 fully saturated rings. The van der Waals surface area contributed by atoms with Gasteiger partial charge in [0.1, 0.15) is 6.10 Å². The van der Waals surface area contributed by atoms with Crippen LogP contribution in [0.15, 0.2) is 77.9 Å². The van der Waals surface area contributed by atoms with Gasteiger partial charge in [0, 0.05) is 5.56 Å². The van der Waals surface area contributed by atoms with Gasteiger partial charge in [-0.05, 0) is 73.7 Å². The van der Waals surface area contributed by atoms with Crippen molar-refractivity contribution in [1.29, 1.82) is 0 Å². The number of hydrogen-bond acceptors (Lipinski definition) is 4. The van der Waals surface area contributed by atoms with Gasteiger partial charge in [-0.3, -0.25) is 0 Å². The van der Waals surface area contributed by atoms with Gasteiger partial charge in [-0.1, -0.05) is 47.7 Å². The van der Waals surface area contributed by atoms with Crippen LogP contribution in [0.2, 0.25) is 0 Å². The molecule has 1 atom stereocenters. The number of rotatable bonds is 4. The normalized spacial score (nSPS) is 16.2. The van der Waals surface area contributed by atoms with Crippen molar-refractivity contribution in [2.24, 2.45) is 0 Å². The number of esters is 1. The Hall–Kier alpha value is -3.58. The lowest BCUT2D eigenvalue weighted by atomic mass is 9.90. The van der Waals surface area contributed by atoms with Crippen LogP contribution in [0.3, 0.4) is 0 Å². The third kappa shape index (κ3) is 5.46. The average Bonchev–Trinajstić information content (AvgIpc) is 2.73. The standard InChI is InChI=1S/C25H22O4/c1-18-8-7-13-23(29-25(28)21-10-3-2-4-11-21)22(18)12-6-5-9-19-14-16-20(17-15-19)24(26)27/h2-4,6,10-12,14-17,23H,7-8,13H2,1H3,(H,26,27)/p-1/b12-6+. The molecule has 4 heteroatoms. The molecule has 0 aromatic heterocycles. The number of ether oxygens (including phenoxy) is 1. The predicted molar refractivity (Wildman–Crippen MR) is 109 cm³/mol. The van der Waals surface area contributed by atoms with E-state index in [9.17, 15) is 14.7 Å². The Bertz CT molecular complexity index is 1000. The number of benzene rings is 2. The molecule has 0 radical (unpaired) electrons. The first kappa shape index (κ1) is 20.2. The Labute approximate surface area is 170 Å². The van der Waals surface area contributed by atoms with E-state index in [2.05, 4.69) is 11.8 Å². The average molecular weight is 385 g/mol. The molecule has 29 heavy (non-hydrogen) atoms. The minimum atomic E-state index is -1.21. The Morgan fingerprint density at radius 3 is 2.48 bits per heavy atom. The highest BCUT2D eigenvalue weighted by Crippen LogP contribution is 2.28. The van der Waals surface area contributed by atoms with Gasteiger partial charge in [-0.2, -0.15) is 0 Å². The van der Waals surface area contributed by atoms with E-state index in [0.717, 1.165) is 24.8 Å². The van der Waals surface area contributed by atoms with Crippen LogP contribution in [0.25, 0.3) is 0 Å². The van der Waals surface area contributed by atoms with Crippen LogP contribution in [0.1, 0.15) is 52.5 Å². The predicted octanol–water partition coefficient (Wildman–Crippen LogP) is 3.68. The van der Waals surface area contributed by atoms with E-state index in [1.807, 2.05) is 31.2 Å². The molecule has 3 rings (SSSR count). The minimum absolute atomic E-state index is 0.122. The molecule has 0 spiro atoms. The van der Waals surface area contributed by atoms with Crippen molar-refractivity contribution in [3.8, 4) is 11.8 Å². The monoisotopic (exact) mass is 385 g/mol. The lowest BCUT2D eigenvalue weighted by molar-refractivity contribution is -0.255. The zero-order valence-electron chi connectivity index (χ0n) is 16.2. The number of aromatic carboxylic acids is 1. The van der Waals surface area contributed by atoms with E-state index < -0.39 is 5.97 Å². The van der Waals surface area contributed by atoms with E-state index in [0.29, 0.717) is 11.1 Å². The van der Waals surface area contributed by atoms with E-state index >= 15 is 0 Å². The molecule has 0 heterocycles. The summed E-state index contributed by atoms with van der Waals surface area (Å²) >= 11 is 0. The summed E-state index contributed by atoms with van der Waals surface area (Å²) in [4.78, 5) is 23.2. The van der Waals surface area contributed by atoms with Gasteiger partial charge in [0.15, 0.2) is 0 Å². The molecule has 0 aliphatic heterocycles. The fourth-order valence-corrected chi connectivity index (χ4v) is 3.22. The van der Waals surface area contributed by atoms with Gasteiger partial charge < -0.3 is 14.6 Å². The minimum Gasteiger partial charge on any atom is -0.545 e. The second-order valence-corrected chi connectivity index (χ2v) is 6.86. The Morgan fingerprint density at radius 2 is 1.79 bits per heavy atom. The maximum atomic E-state index is 12.4. The zero-order chi connectivity index (χ0) is 20.6. The second kappa shape index (κ2) is 9.57. The van der Waals surface area contributed by atoms with Gasteiger partial charge in [-0.15, -0.1) is 0 Å². The fourth-order valence-electron chi connectivity index (χ4n) is 3.22. The molecule has 0 saturated heterocycles. The van der Waals surface area contributed by atoms with Crippen molar-refractivity contribution in [3.63, 3.8) is 0 Å². The highest BCUT2D eigenvalue weighted by molar-refractivity contribution is 5.89. The largest absolute Gasteiger partial charge is 0.545 e. The van der Waals surface area contributed by atoms with Gasteiger partial charge in [-0.25, -0.2) is 4.79 Å². The van der Waals surface area contributed by atoms with Gasteiger partial charge in [0.2, 0.25) is 0 Å². The first-order chi connectivity index (χ1) is 14.0. The van der Waals surface area contributed by atoms with Crippen molar-refractivity contribution >= 4 is 11.9 Å². The van der Waals surface area contributed by atoms with Crippen molar-refractivity contribution in [2.75, 3.05) is 0 Å². The molecule has 0 saturated carbocycles. The number of carbonyl (C=O) groups is 2. The zero-order valence-corrected chi connectivity index (χ0v) is 16.2. The number of carboxylic acid groups (broad SMARTS) is 1. The Morgan fingerprint density at radius 1 is 1.07 bits per heavy atom. The van der Waals surface area contributed by atoms with Crippen LogP contribution in [0.4, 0.5) is 0 Å². The molecule has 1 aliphatic carbocycles. The fraction of sp³-hybridized carbons (Fsp3) is 0.200. The van der Waals surface area contributed by atoms with Crippen LogP contribution in [-0.2, 0) is 4.74 Å². The summed E-state index contributed by atoms with van der Waals surface area (Å²) < 4.78 is 5.75. The molecule has 0 N–H and O–H groups in total. The third-order valence-corrected chi connectivity index (χ3v) is 4.80. The smallest absolute Gasteiger partial charge is 0.338 e. The highest BCUT2D eigenvalue weighted by atomic mass is 16.5. The SMILES string of the molecule is CC1=C(/C=C/C#Cc2ccc(C(=O)[O-])cc2)C(OC(=O)c2ccccc2)CCC1.